The van der Waals surface area contributed by atoms with E-state index in [0.29, 0.717) is 0 Å². The number of rotatable bonds is 8. The Kier molecular flexibility index (Phi) is 7.03. The number of hydrogen-bond acceptors (Lipinski definition) is 1. The molecule has 0 fully saturated rings. The van der Waals surface area contributed by atoms with Gasteiger partial charge in [-0.2, -0.15) is 0 Å². The van der Waals surface area contributed by atoms with E-state index < -0.39 is 13.7 Å². The minimum atomic E-state index is -1.15. The lowest BCUT2D eigenvalue weighted by atomic mass is 9.98. The summed E-state index contributed by atoms with van der Waals surface area (Å²) >= 11 is 0. The van der Waals surface area contributed by atoms with Crippen LogP contribution in [0.2, 0.25) is 25.7 Å². The van der Waals surface area contributed by atoms with Crippen molar-refractivity contribution < 1.29 is 5.11 Å². The molecule has 1 nitrogen and oxygen atoms in total. The van der Waals surface area contributed by atoms with Crippen molar-refractivity contribution in [1.82, 2.24) is 0 Å². The fourth-order valence-electron chi connectivity index (χ4n) is 1.82. The molecule has 0 radical (unpaired) electrons. The third kappa shape index (κ3) is 9.37. The lowest BCUT2D eigenvalue weighted by Gasteiger charge is -2.27. The molecule has 1 N–H and O–H groups in total. The molecule has 0 aliphatic rings. The zero-order chi connectivity index (χ0) is 13.5. The van der Waals surface area contributed by atoms with Gasteiger partial charge in [0, 0.05) is 8.07 Å². The van der Waals surface area contributed by atoms with Gasteiger partial charge in [0.15, 0.2) is 0 Å². The van der Waals surface area contributed by atoms with Gasteiger partial charge in [0.25, 0.3) is 0 Å². The van der Waals surface area contributed by atoms with E-state index >= 15 is 0 Å². The van der Waals surface area contributed by atoms with Gasteiger partial charge in [-0.1, -0.05) is 31.8 Å². The molecule has 0 aliphatic carbocycles. The van der Waals surface area contributed by atoms with Crippen LogP contribution in [-0.4, -0.2) is 18.8 Å². The molecule has 0 spiro atoms. The van der Waals surface area contributed by atoms with Crippen LogP contribution in [0.1, 0.15) is 39.5 Å². The van der Waals surface area contributed by atoms with Gasteiger partial charge in [-0.15, -0.1) is 6.58 Å². The molecule has 0 heterocycles. The topological polar surface area (TPSA) is 20.2 Å². The maximum Gasteiger partial charge on any atom is 0.0797 e. The summed E-state index contributed by atoms with van der Waals surface area (Å²) in [6.07, 6.45) is 8.81. The Morgan fingerprint density at radius 3 is 2.12 bits per heavy atom. The van der Waals surface area contributed by atoms with E-state index in [2.05, 4.69) is 32.3 Å². The van der Waals surface area contributed by atoms with E-state index in [1.165, 1.54) is 18.4 Å². The molecule has 0 aliphatic heterocycles. The molecule has 0 saturated heterocycles. The smallest absolute Gasteiger partial charge is 0.0797 e. The van der Waals surface area contributed by atoms with Crippen LogP contribution in [0.3, 0.4) is 0 Å². The van der Waals surface area contributed by atoms with Gasteiger partial charge in [0.05, 0.1) is 5.60 Å². The van der Waals surface area contributed by atoms with Gasteiger partial charge < -0.3 is 5.11 Å². The Morgan fingerprint density at radius 2 is 1.71 bits per heavy atom. The fraction of sp³-hybridized carbons (Fsp3) is 0.733. The quantitative estimate of drug-likeness (QED) is 0.376. The molecule has 0 rings (SSSR count). The van der Waals surface area contributed by atoms with Crippen LogP contribution >= 0.6 is 0 Å². The summed E-state index contributed by atoms with van der Waals surface area (Å²) in [6, 6.07) is 1.10. The molecule has 0 atom stereocenters. The summed E-state index contributed by atoms with van der Waals surface area (Å²) < 4.78 is 0. The van der Waals surface area contributed by atoms with E-state index in [1.54, 1.807) is 0 Å². The van der Waals surface area contributed by atoms with Crippen LogP contribution in [0, 0.1) is 0 Å². The van der Waals surface area contributed by atoms with Crippen LogP contribution in [0.5, 0.6) is 0 Å². The Labute approximate surface area is 109 Å². The Balaban J connectivity index is 4.38. The minimum Gasteiger partial charge on any atom is -0.386 e. The molecule has 100 valence electrons. The van der Waals surface area contributed by atoms with E-state index in [9.17, 15) is 5.11 Å². The predicted molar refractivity (Wildman–Crippen MR) is 81.2 cm³/mol. The van der Waals surface area contributed by atoms with Crippen molar-refractivity contribution in [3.63, 3.8) is 0 Å². The molecule has 17 heavy (non-hydrogen) atoms. The summed E-state index contributed by atoms with van der Waals surface area (Å²) in [5.74, 6) is 0. The van der Waals surface area contributed by atoms with Gasteiger partial charge in [-0.25, -0.2) is 0 Å². The highest BCUT2D eigenvalue weighted by Gasteiger charge is 2.24. The highest BCUT2D eigenvalue weighted by molar-refractivity contribution is 6.76. The summed E-state index contributed by atoms with van der Waals surface area (Å²) in [7, 11) is -1.15. The average molecular weight is 254 g/mol. The van der Waals surface area contributed by atoms with Gasteiger partial charge in [-0.05, 0) is 51.1 Å². The second kappa shape index (κ2) is 7.17. The SMILES string of the molecule is C=CCCCC/C=C(/C[Si](C)(C)C)C(C)(C)O. The standard InChI is InChI=1S/C15H30OSi/c1-7-8-9-10-11-12-14(15(2,3)16)13-17(4,5)6/h7,12,16H,1,8-11,13H2,2-6H3/b14-12-. The van der Waals surface area contributed by atoms with Crippen molar-refractivity contribution in [2.45, 2.75) is 70.8 Å². The first kappa shape index (κ1) is 16.7. The molecule has 0 amide bonds. The molecule has 0 aromatic heterocycles. The van der Waals surface area contributed by atoms with Gasteiger partial charge in [0.1, 0.15) is 0 Å². The molecule has 0 aromatic carbocycles. The maximum absolute atomic E-state index is 10.2. The molecular weight excluding hydrogens is 224 g/mol. The van der Waals surface area contributed by atoms with Crippen LogP contribution in [0.25, 0.3) is 0 Å². The molecule has 2 heteroatoms. The van der Waals surface area contributed by atoms with Crippen LogP contribution < -0.4 is 0 Å². The highest BCUT2D eigenvalue weighted by atomic mass is 28.3. The first-order valence-electron chi connectivity index (χ1n) is 6.69. The van der Waals surface area contributed by atoms with Crippen LogP contribution in [-0.2, 0) is 0 Å². The van der Waals surface area contributed by atoms with Crippen molar-refractivity contribution in [2.75, 3.05) is 0 Å². The second-order valence-corrected chi connectivity index (χ2v) is 12.1. The minimum absolute atomic E-state index is 0.654. The first-order valence-corrected chi connectivity index (χ1v) is 10.4. The maximum atomic E-state index is 10.2. The summed E-state index contributed by atoms with van der Waals surface area (Å²) in [5, 5.41) is 10.2. The highest BCUT2D eigenvalue weighted by Crippen LogP contribution is 2.26. The fourth-order valence-corrected chi connectivity index (χ4v) is 3.54. The largest absolute Gasteiger partial charge is 0.386 e. The number of hydrogen-bond donors (Lipinski definition) is 1. The third-order valence-electron chi connectivity index (χ3n) is 2.76. The average Bonchev–Trinajstić information content (AvgIpc) is 2.12. The van der Waals surface area contributed by atoms with Gasteiger partial charge in [0.2, 0.25) is 0 Å². The Bertz CT molecular complexity index is 253. The molecule has 0 bridgehead atoms. The lowest BCUT2D eigenvalue weighted by molar-refractivity contribution is 0.119. The van der Waals surface area contributed by atoms with E-state index in [1.807, 2.05) is 19.9 Å². The number of allylic oxidation sites excluding steroid dienone is 2. The van der Waals surface area contributed by atoms with E-state index in [4.69, 9.17) is 0 Å². The van der Waals surface area contributed by atoms with Crippen LogP contribution in [0.15, 0.2) is 24.3 Å². The lowest BCUT2D eigenvalue weighted by Crippen LogP contribution is -2.29. The monoisotopic (exact) mass is 254 g/mol. The predicted octanol–water partition coefficient (Wildman–Crippen LogP) is 4.77. The zero-order valence-corrected chi connectivity index (χ0v) is 13.3. The Morgan fingerprint density at radius 1 is 1.18 bits per heavy atom. The third-order valence-corrected chi connectivity index (χ3v) is 4.20. The van der Waals surface area contributed by atoms with Gasteiger partial charge in [-0.3, -0.25) is 0 Å². The van der Waals surface area contributed by atoms with E-state index in [0.717, 1.165) is 18.9 Å². The van der Waals surface area contributed by atoms with Crippen molar-refractivity contribution in [3.8, 4) is 0 Å². The van der Waals surface area contributed by atoms with Crippen molar-refractivity contribution in [2.24, 2.45) is 0 Å². The summed E-state index contributed by atoms with van der Waals surface area (Å²) in [5.41, 5.74) is 0.578. The second-order valence-electron chi connectivity index (χ2n) is 6.60. The molecular formula is C15H30OSi. The van der Waals surface area contributed by atoms with Crippen molar-refractivity contribution >= 4 is 8.07 Å². The van der Waals surface area contributed by atoms with Crippen molar-refractivity contribution in [1.29, 1.82) is 0 Å². The number of aliphatic hydroxyl groups is 1. The zero-order valence-electron chi connectivity index (χ0n) is 12.3. The normalized spacial score (nSPS) is 13.9. The summed E-state index contributed by atoms with van der Waals surface area (Å²) in [4.78, 5) is 0. The molecule has 0 saturated carbocycles. The number of unbranched alkanes of at least 4 members (excludes halogenated alkanes) is 3. The van der Waals surface area contributed by atoms with Crippen LogP contribution in [0.4, 0.5) is 0 Å². The Hall–Kier alpha value is -0.343. The first-order chi connectivity index (χ1) is 7.67. The van der Waals surface area contributed by atoms with Crippen molar-refractivity contribution in [3.05, 3.63) is 24.3 Å². The van der Waals surface area contributed by atoms with E-state index in [-0.39, 0.29) is 0 Å². The summed E-state index contributed by atoms with van der Waals surface area (Å²) in [6.45, 7) is 14.6. The molecule has 0 aromatic rings. The molecule has 0 unspecified atom stereocenters. The van der Waals surface area contributed by atoms with Gasteiger partial charge >= 0.3 is 0 Å².